The van der Waals surface area contributed by atoms with Gasteiger partial charge < -0.3 is 5.32 Å². The number of likely N-dealkylation sites (tertiary alicyclic amines) is 1. The van der Waals surface area contributed by atoms with Crippen molar-refractivity contribution in [1.82, 2.24) is 10.2 Å². The standard InChI is InChI=1S/C12H24N2.ClH/c1-3-12(4-2)14-8-10-6-5-7-11(9-14)13-10;/h10-13H,3-9H2,1-2H3;1H. The number of rotatable bonds is 3. The van der Waals surface area contributed by atoms with E-state index >= 15 is 0 Å². The van der Waals surface area contributed by atoms with Gasteiger partial charge in [-0.15, -0.1) is 12.4 Å². The van der Waals surface area contributed by atoms with E-state index in [0.717, 1.165) is 18.1 Å². The summed E-state index contributed by atoms with van der Waals surface area (Å²) in [6.45, 7) is 7.24. The number of nitrogens with one attached hydrogen (secondary N) is 1. The number of piperidine rings is 1. The molecular weight excluding hydrogens is 208 g/mol. The molecule has 3 heteroatoms. The predicted octanol–water partition coefficient (Wildman–Crippen LogP) is 2.42. The van der Waals surface area contributed by atoms with E-state index in [-0.39, 0.29) is 12.4 Å². The van der Waals surface area contributed by atoms with Gasteiger partial charge in [0, 0.05) is 31.2 Å². The summed E-state index contributed by atoms with van der Waals surface area (Å²) in [5.41, 5.74) is 0. The number of hydrogen-bond donors (Lipinski definition) is 1. The van der Waals surface area contributed by atoms with Crippen LogP contribution in [0.25, 0.3) is 0 Å². The summed E-state index contributed by atoms with van der Waals surface area (Å²) in [5.74, 6) is 0. The van der Waals surface area contributed by atoms with Crippen molar-refractivity contribution in [3.63, 3.8) is 0 Å². The van der Waals surface area contributed by atoms with Crippen molar-refractivity contribution in [1.29, 1.82) is 0 Å². The Balaban J connectivity index is 0.00000112. The fourth-order valence-corrected chi connectivity index (χ4v) is 3.14. The largest absolute Gasteiger partial charge is 0.309 e. The van der Waals surface area contributed by atoms with Crippen molar-refractivity contribution >= 4 is 12.4 Å². The predicted molar refractivity (Wildman–Crippen MR) is 67.8 cm³/mol. The molecule has 2 nitrogen and oxygen atoms in total. The van der Waals surface area contributed by atoms with E-state index < -0.39 is 0 Å². The first-order valence-corrected chi connectivity index (χ1v) is 6.33. The summed E-state index contributed by atoms with van der Waals surface area (Å²) in [7, 11) is 0. The minimum atomic E-state index is 0. The van der Waals surface area contributed by atoms with E-state index in [1.807, 2.05) is 0 Å². The van der Waals surface area contributed by atoms with Gasteiger partial charge in [0.1, 0.15) is 0 Å². The van der Waals surface area contributed by atoms with Crippen LogP contribution in [0.15, 0.2) is 0 Å². The lowest BCUT2D eigenvalue weighted by atomic mass is 9.92. The van der Waals surface area contributed by atoms with Crippen LogP contribution in [0, 0.1) is 0 Å². The van der Waals surface area contributed by atoms with Crippen molar-refractivity contribution in [3.8, 4) is 0 Å². The molecule has 1 N–H and O–H groups in total. The van der Waals surface area contributed by atoms with Crippen molar-refractivity contribution < 1.29 is 0 Å². The number of hydrogen-bond acceptors (Lipinski definition) is 2. The average molecular weight is 233 g/mol. The third-order valence-corrected chi connectivity index (χ3v) is 3.95. The van der Waals surface area contributed by atoms with Gasteiger partial charge in [0.05, 0.1) is 0 Å². The fourth-order valence-electron chi connectivity index (χ4n) is 3.14. The second kappa shape index (κ2) is 6.07. The fraction of sp³-hybridized carbons (Fsp3) is 1.00. The molecule has 0 saturated carbocycles. The van der Waals surface area contributed by atoms with Gasteiger partial charge in [-0.3, -0.25) is 4.90 Å². The van der Waals surface area contributed by atoms with Crippen LogP contribution in [0.5, 0.6) is 0 Å². The van der Waals surface area contributed by atoms with Crippen molar-refractivity contribution in [3.05, 3.63) is 0 Å². The number of halogens is 1. The number of nitrogens with zero attached hydrogens (tertiary/aromatic N) is 1. The lowest BCUT2D eigenvalue weighted by Gasteiger charge is -2.45. The molecule has 0 aromatic heterocycles. The molecule has 2 fully saturated rings. The van der Waals surface area contributed by atoms with Crippen LogP contribution in [0.3, 0.4) is 0 Å². The van der Waals surface area contributed by atoms with Crippen LogP contribution in [0.2, 0.25) is 0 Å². The minimum absolute atomic E-state index is 0. The molecule has 2 heterocycles. The quantitative estimate of drug-likeness (QED) is 0.804. The second-order valence-corrected chi connectivity index (χ2v) is 4.92. The van der Waals surface area contributed by atoms with Crippen molar-refractivity contribution in [2.75, 3.05) is 13.1 Å². The Bertz CT molecular complexity index is 170. The Morgan fingerprint density at radius 3 is 2.13 bits per heavy atom. The van der Waals surface area contributed by atoms with Crippen LogP contribution in [-0.4, -0.2) is 36.1 Å². The average Bonchev–Trinajstić information content (AvgIpc) is 2.19. The third kappa shape index (κ3) is 3.08. The number of piperazine rings is 1. The molecular formula is C12H25ClN2. The highest BCUT2D eigenvalue weighted by Gasteiger charge is 2.31. The molecule has 2 rings (SSSR count). The molecule has 0 amide bonds. The maximum Gasteiger partial charge on any atom is 0.0198 e. The van der Waals surface area contributed by atoms with Gasteiger partial charge in [-0.2, -0.15) is 0 Å². The highest BCUT2D eigenvalue weighted by molar-refractivity contribution is 5.85. The number of fused-ring (bicyclic) bond motifs is 2. The summed E-state index contributed by atoms with van der Waals surface area (Å²) >= 11 is 0. The Hall–Kier alpha value is 0.210. The van der Waals surface area contributed by atoms with E-state index in [1.165, 1.54) is 45.2 Å². The van der Waals surface area contributed by atoms with Gasteiger partial charge >= 0.3 is 0 Å². The lowest BCUT2D eigenvalue weighted by Crippen LogP contribution is -2.60. The van der Waals surface area contributed by atoms with Crippen LogP contribution >= 0.6 is 12.4 Å². The second-order valence-electron chi connectivity index (χ2n) is 4.92. The molecule has 2 bridgehead atoms. The zero-order chi connectivity index (χ0) is 9.97. The Morgan fingerprint density at radius 1 is 1.13 bits per heavy atom. The molecule has 0 aromatic carbocycles. The molecule has 0 aliphatic carbocycles. The van der Waals surface area contributed by atoms with Crippen LogP contribution in [0.1, 0.15) is 46.0 Å². The third-order valence-electron chi connectivity index (χ3n) is 3.95. The Morgan fingerprint density at radius 2 is 1.67 bits per heavy atom. The molecule has 0 spiro atoms. The highest BCUT2D eigenvalue weighted by atomic mass is 35.5. The van der Waals surface area contributed by atoms with Gasteiger partial charge in [0.25, 0.3) is 0 Å². The molecule has 2 aliphatic heterocycles. The van der Waals surface area contributed by atoms with Gasteiger partial charge in [-0.25, -0.2) is 0 Å². The van der Waals surface area contributed by atoms with Crippen LogP contribution in [-0.2, 0) is 0 Å². The first-order chi connectivity index (χ1) is 6.83. The summed E-state index contributed by atoms with van der Waals surface area (Å²) in [4.78, 5) is 2.73. The Labute approximate surface area is 100 Å². The zero-order valence-corrected chi connectivity index (χ0v) is 10.9. The maximum absolute atomic E-state index is 3.74. The van der Waals surface area contributed by atoms with Gasteiger partial charge in [0.2, 0.25) is 0 Å². The van der Waals surface area contributed by atoms with E-state index in [1.54, 1.807) is 0 Å². The van der Waals surface area contributed by atoms with Crippen molar-refractivity contribution in [2.45, 2.75) is 64.1 Å². The molecule has 2 atom stereocenters. The molecule has 15 heavy (non-hydrogen) atoms. The van der Waals surface area contributed by atoms with E-state index in [9.17, 15) is 0 Å². The molecule has 0 aromatic rings. The summed E-state index contributed by atoms with van der Waals surface area (Å²) in [6, 6.07) is 2.42. The first-order valence-electron chi connectivity index (χ1n) is 6.33. The minimum Gasteiger partial charge on any atom is -0.309 e. The summed E-state index contributed by atoms with van der Waals surface area (Å²) < 4.78 is 0. The summed E-state index contributed by atoms with van der Waals surface area (Å²) in [5, 5.41) is 3.74. The molecule has 90 valence electrons. The van der Waals surface area contributed by atoms with E-state index in [4.69, 9.17) is 0 Å². The maximum atomic E-state index is 3.74. The smallest absolute Gasteiger partial charge is 0.0198 e. The molecule has 2 aliphatic rings. The summed E-state index contributed by atoms with van der Waals surface area (Å²) in [6.07, 6.45) is 6.87. The van der Waals surface area contributed by atoms with Crippen molar-refractivity contribution in [2.24, 2.45) is 0 Å². The monoisotopic (exact) mass is 232 g/mol. The van der Waals surface area contributed by atoms with E-state index in [0.29, 0.717) is 0 Å². The van der Waals surface area contributed by atoms with Crippen LogP contribution < -0.4 is 5.32 Å². The molecule has 2 saturated heterocycles. The van der Waals surface area contributed by atoms with Crippen LogP contribution in [0.4, 0.5) is 0 Å². The first kappa shape index (κ1) is 13.3. The molecule has 0 radical (unpaired) electrons. The van der Waals surface area contributed by atoms with Gasteiger partial charge in [0.15, 0.2) is 0 Å². The van der Waals surface area contributed by atoms with E-state index in [2.05, 4.69) is 24.1 Å². The SMILES string of the molecule is CCC(CC)N1CC2CCCC(C1)N2.Cl. The van der Waals surface area contributed by atoms with Gasteiger partial charge in [-0.1, -0.05) is 20.3 Å². The highest BCUT2D eigenvalue weighted by Crippen LogP contribution is 2.22. The zero-order valence-electron chi connectivity index (χ0n) is 10.0. The normalized spacial score (nSPS) is 31.4. The Kier molecular flexibility index (Phi) is 5.37. The molecule has 2 unspecified atom stereocenters. The van der Waals surface area contributed by atoms with Gasteiger partial charge in [-0.05, 0) is 25.7 Å². The lowest BCUT2D eigenvalue weighted by molar-refractivity contribution is 0.0826. The topological polar surface area (TPSA) is 15.3 Å².